The Morgan fingerprint density at radius 1 is 1.37 bits per heavy atom. The number of carbonyl (C=O) groups excluding carboxylic acids is 1. The summed E-state index contributed by atoms with van der Waals surface area (Å²) in [5.41, 5.74) is 0.944. The number of esters is 1. The minimum absolute atomic E-state index is 0.282. The van der Waals surface area contributed by atoms with Crippen LogP contribution in [0.3, 0.4) is 0 Å². The van der Waals surface area contributed by atoms with Crippen LogP contribution in [0, 0.1) is 11.3 Å². The van der Waals surface area contributed by atoms with Crippen molar-refractivity contribution in [1.82, 2.24) is 0 Å². The number of hydrogen-bond acceptors (Lipinski definition) is 4. The van der Waals surface area contributed by atoms with Crippen molar-refractivity contribution in [2.24, 2.45) is 0 Å². The lowest BCUT2D eigenvalue weighted by molar-refractivity contribution is -0.137. The van der Waals surface area contributed by atoms with E-state index < -0.39 is 5.97 Å². The van der Waals surface area contributed by atoms with Crippen LogP contribution in [0.25, 0.3) is 5.57 Å². The third kappa shape index (κ3) is 4.84. The van der Waals surface area contributed by atoms with E-state index in [4.69, 9.17) is 14.7 Å². The Morgan fingerprint density at radius 2 is 2.05 bits per heavy atom. The third-order valence-electron chi connectivity index (χ3n) is 2.53. The molecule has 0 N–H and O–H groups in total. The van der Waals surface area contributed by atoms with Crippen molar-refractivity contribution < 1.29 is 14.3 Å². The molecule has 0 heterocycles. The summed E-state index contributed by atoms with van der Waals surface area (Å²) in [7, 11) is 1.57. The molecule has 19 heavy (non-hydrogen) atoms. The molecule has 0 aromatic heterocycles. The first kappa shape index (κ1) is 14.8. The van der Waals surface area contributed by atoms with Crippen LogP contribution in [-0.4, -0.2) is 19.7 Å². The number of unbranched alkanes of at least 4 members (excludes halogenated alkanes) is 1. The lowest BCUT2D eigenvalue weighted by Gasteiger charge is -2.03. The summed E-state index contributed by atoms with van der Waals surface area (Å²) >= 11 is 0. The van der Waals surface area contributed by atoms with E-state index in [0.29, 0.717) is 17.9 Å². The van der Waals surface area contributed by atoms with Crippen LogP contribution < -0.4 is 4.74 Å². The molecular weight excluding hydrogens is 242 g/mol. The van der Waals surface area contributed by atoms with Gasteiger partial charge >= 0.3 is 5.97 Å². The summed E-state index contributed by atoms with van der Waals surface area (Å²) in [4.78, 5) is 11.5. The van der Waals surface area contributed by atoms with Crippen molar-refractivity contribution in [2.75, 3.05) is 13.7 Å². The van der Waals surface area contributed by atoms with Gasteiger partial charge in [-0.05, 0) is 36.2 Å². The molecule has 0 aliphatic heterocycles. The Labute approximate surface area is 113 Å². The smallest absolute Gasteiger partial charge is 0.332 e. The van der Waals surface area contributed by atoms with Crippen molar-refractivity contribution in [2.45, 2.75) is 19.8 Å². The molecule has 4 heteroatoms. The van der Waals surface area contributed by atoms with Gasteiger partial charge in [0.15, 0.2) is 0 Å². The molecule has 0 bridgehead atoms. The third-order valence-corrected chi connectivity index (χ3v) is 2.53. The summed E-state index contributed by atoms with van der Waals surface area (Å²) in [5, 5.41) is 9.07. The van der Waals surface area contributed by atoms with Crippen LogP contribution in [0.1, 0.15) is 25.3 Å². The summed E-state index contributed by atoms with van der Waals surface area (Å²) in [6, 6.07) is 8.93. The Morgan fingerprint density at radius 3 is 2.58 bits per heavy atom. The van der Waals surface area contributed by atoms with Gasteiger partial charge in [0.05, 0.1) is 19.3 Å². The summed E-state index contributed by atoms with van der Waals surface area (Å²) in [6.07, 6.45) is 3.00. The highest BCUT2D eigenvalue weighted by molar-refractivity contribution is 5.95. The lowest BCUT2D eigenvalue weighted by Crippen LogP contribution is -2.03. The molecule has 0 aliphatic rings. The van der Waals surface area contributed by atoms with Crippen molar-refractivity contribution >= 4 is 11.5 Å². The standard InChI is InChI=1S/C15H17NO3/c1-3-4-9-19-15(17)10-13(11-16)12-5-7-14(18-2)8-6-12/h5-8,10H,3-4,9H2,1-2H3. The second kappa shape index (κ2) is 7.93. The van der Waals surface area contributed by atoms with E-state index in [9.17, 15) is 4.79 Å². The van der Waals surface area contributed by atoms with E-state index in [2.05, 4.69) is 0 Å². The number of allylic oxidation sites excluding steroid dienone is 1. The summed E-state index contributed by atoms with van der Waals surface area (Å²) in [5.74, 6) is 0.215. The van der Waals surface area contributed by atoms with Gasteiger partial charge in [-0.2, -0.15) is 5.26 Å². The molecule has 0 saturated heterocycles. The number of nitriles is 1. The highest BCUT2D eigenvalue weighted by Gasteiger charge is 2.05. The molecule has 0 fully saturated rings. The number of hydrogen-bond donors (Lipinski definition) is 0. The van der Waals surface area contributed by atoms with Crippen LogP contribution in [0.2, 0.25) is 0 Å². The van der Waals surface area contributed by atoms with Crippen LogP contribution in [-0.2, 0) is 9.53 Å². The van der Waals surface area contributed by atoms with Crippen LogP contribution >= 0.6 is 0 Å². The SMILES string of the molecule is CCCCOC(=O)C=C(C#N)c1ccc(OC)cc1. The molecule has 0 atom stereocenters. The molecule has 100 valence electrons. The minimum atomic E-state index is -0.485. The molecule has 1 rings (SSSR count). The zero-order valence-corrected chi connectivity index (χ0v) is 11.2. The van der Waals surface area contributed by atoms with E-state index >= 15 is 0 Å². The topological polar surface area (TPSA) is 59.3 Å². The maximum absolute atomic E-state index is 11.5. The van der Waals surface area contributed by atoms with Gasteiger partial charge in [0, 0.05) is 6.08 Å². The van der Waals surface area contributed by atoms with Crippen LogP contribution in [0.5, 0.6) is 5.75 Å². The number of carbonyl (C=O) groups is 1. The van der Waals surface area contributed by atoms with Crippen molar-refractivity contribution in [1.29, 1.82) is 5.26 Å². The Kier molecular flexibility index (Phi) is 6.17. The van der Waals surface area contributed by atoms with E-state index in [-0.39, 0.29) is 5.57 Å². The molecule has 4 nitrogen and oxygen atoms in total. The molecule has 0 aliphatic carbocycles. The molecule has 1 aromatic carbocycles. The van der Waals surface area contributed by atoms with Gasteiger partial charge in [0.2, 0.25) is 0 Å². The van der Waals surface area contributed by atoms with E-state index in [1.807, 2.05) is 13.0 Å². The fourth-order valence-corrected chi connectivity index (χ4v) is 1.43. The first-order valence-electron chi connectivity index (χ1n) is 6.14. The van der Waals surface area contributed by atoms with Gasteiger partial charge in [0.25, 0.3) is 0 Å². The number of methoxy groups -OCH3 is 1. The monoisotopic (exact) mass is 259 g/mol. The quantitative estimate of drug-likeness (QED) is 0.341. The van der Waals surface area contributed by atoms with Gasteiger partial charge in [-0.15, -0.1) is 0 Å². The predicted octanol–water partition coefficient (Wildman–Crippen LogP) is 2.95. The second-order valence-corrected chi connectivity index (χ2v) is 3.92. The number of nitrogens with zero attached hydrogens (tertiary/aromatic N) is 1. The summed E-state index contributed by atoms with van der Waals surface area (Å²) in [6.45, 7) is 2.40. The zero-order valence-electron chi connectivity index (χ0n) is 11.2. The number of benzene rings is 1. The van der Waals surface area contributed by atoms with E-state index in [0.717, 1.165) is 12.8 Å². The molecule has 0 amide bonds. The molecular formula is C15H17NO3. The average molecular weight is 259 g/mol. The predicted molar refractivity (Wildman–Crippen MR) is 72.5 cm³/mol. The maximum atomic E-state index is 11.5. The van der Waals surface area contributed by atoms with Crippen LogP contribution in [0.4, 0.5) is 0 Å². The highest BCUT2D eigenvalue weighted by Crippen LogP contribution is 2.18. The minimum Gasteiger partial charge on any atom is -0.497 e. The van der Waals surface area contributed by atoms with Crippen molar-refractivity contribution in [3.63, 3.8) is 0 Å². The molecule has 0 unspecified atom stereocenters. The summed E-state index contributed by atoms with van der Waals surface area (Å²) < 4.78 is 10.0. The lowest BCUT2D eigenvalue weighted by atomic mass is 10.1. The molecule has 1 aromatic rings. The molecule has 0 radical (unpaired) electrons. The first-order valence-corrected chi connectivity index (χ1v) is 6.14. The highest BCUT2D eigenvalue weighted by atomic mass is 16.5. The first-order chi connectivity index (χ1) is 9.21. The van der Waals surface area contributed by atoms with Crippen molar-refractivity contribution in [3.8, 4) is 11.8 Å². The fraction of sp³-hybridized carbons (Fsp3) is 0.333. The molecule has 0 spiro atoms. The number of rotatable bonds is 6. The maximum Gasteiger partial charge on any atom is 0.332 e. The zero-order chi connectivity index (χ0) is 14.1. The Bertz CT molecular complexity index is 483. The van der Waals surface area contributed by atoms with Gasteiger partial charge < -0.3 is 9.47 Å². The average Bonchev–Trinajstić information content (AvgIpc) is 2.45. The van der Waals surface area contributed by atoms with Gasteiger partial charge in [-0.1, -0.05) is 13.3 Å². The molecule has 0 saturated carbocycles. The Hall–Kier alpha value is -2.28. The number of ether oxygens (including phenoxy) is 2. The van der Waals surface area contributed by atoms with E-state index in [1.54, 1.807) is 31.4 Å². The van der Waals surface area contributed by atoms with Gasteiger partial charge in [0.1, 0.15) is 11.8 Å². The normalized spacial score (nSPS) is 10.7. The van der Waals surface area contributed by atoms with Crippen LogP contribution in [0.15, 0.2) is 30.3 Å². The second-order valence-electron chi connectivity index (χ2n) is 3.92. The van der Waals surface area contributed by atoms with Crippen molar-refractivity contribution in [3.05, 3.63) is 35.9 Å². The van der Waals surface area contributed by atoms with Gasteiger partial charge in [-0.3, -0.25) is 0 Å². The van der Waals surface area contributed by atoms with Gasteiger partial charge in [-0.25, -0.2) is 4.79 Å². The Balaban J connectivity index is 2.76. The largest absolute Gasteiger partial charge is 0.497 e. The van der Waals surface area contributed by atoms with E-state index in [1.165, 1.54) is 6.08 Å². The fourth-order valence-electron chi connectivity index (χ4n) is 1.43.